The summed E-state index contributed by atoms with van der Waals surface area (Å²) in [6.45, 7) is 2.23. The second-order valence-corrected chi connectivity index (χ2v) is 5.10. The molecular formula is C18H15FNO+. The van der Waals surface area contributed by atoms with Gasteiger partial charge >= 0.3 is 0 Å². The van der Waals surface area contributed by atoms with Gasteiger partial charge in [-0.2, -0.15) is 4.57 Å². The van der Waals surface area contributed by atoms with Gasteiger partial charge in [-0.3, -0.25) is 4.79 Å². The highest BCUT2D eigenvalue weighted by Crippen LogP contribution is 2.12. The van der Waals surface area contributed by atoms with Gasteiger partial charge in [0.25, 0.3) is 0 Å². The number of carbonyl (C=O) groups is 1. The summed E-state index contributed by atoms with van der Waals surface area (Å²) >= 11 is 0. The number of hydrogen-bond donors (Lipinski definition) is 0. The minimum Gasteiger partial charge on any atom is -0.287 e. The molecule has 3 aromatic rings. The van der Waals surface area contributed by atoms with Crippen molar-refractivity contribution in [3.8, 4) is 0 Å². The Morgan fingerprint density at radius 3 is 2.43 bits per heavy atom. The zero-order chi connectivity index (χ0) is 14.8. The van der Waals surface area contributed by atoms with Crippen LogP contribution in [0.5, 0.6) is 0 Å². The van der Waals surface area contributed by atoms with Crippen molar-refractivity contribution in [2.75, 3.05) is 0 Å². The van der Waals surface area contributed by atoms with Crippen LogP contribution in [0.15, 0.2) is 60.8 Å². The number of Topliss-reactive ketones (excluding diaryl/α,β-unsaturated/α-hetero) is 1. The number of ketones is 1. The topological polar surface area (TPSA) is 20.9 Å². The average molecular weight is 280 g/mol. The summed E-state index contributed by atoms with van der Waals surface area (Å²) in [6, 6.07) is 15.8. The van der Waals surface area contributed by atoms with Gasteiger partial charge in [0.1, 0.15) is 5.82 Å². The molecule has 0 amide bonds. The minimum absolute atomic E-state index is 0.0293. The van der Waals surface area contributed by atoms with Gasteiger partial charge in [-0.1, -0.05) is 18.2 Å². The van der Waals surface area contributed by atoms with Crippen LogP contribution >= 0.6 is 0 Å². The van der Waals surface area contributed by atoms with Crippen LogP contribution < -0.4 is 4.57 Å². The molecule has 3 heteroatoms. The van der Waals surface area contributed by atoms with Gasteiger partial charge in [-0.25, -0.2) is 4.39 Å². The summed E-state index contributed by atoms with van der Waals surface area (Å²) in [5, 5.41) is 2.25. The van der Waals surface area contributed by atoms with Gasteiger partial charge in [0.05, 0.1) is 0 Å². The zero-order valence-electron chi connectivity index (χ0n) is 11.7. The van der Waals surface area contributed by atoms with Crippen molar-refractivity contribution in [2.24, 2.45) is 0 Å². The summed E-state index contributed by atoms with van der Waals surface area (Å²) in [5.41, 5.74) is 1.54. The van der Waals surface area contributed by atoms with E-state index in [1.807, 2.05) is 35.9 Å². The minimum atomic E-state index is -0.332. The van der Waals surface area contributed by atoms with Crippen LogP contribution in [0, 0.1) is 12.7 Å². The third-order valence-electron chi connectivity index (χ3n) is 3.59. The van der Waals surface area contributed by atoms with Crippen molar-refractivity contribution in [1.82, 2.24) is 0 Å². The van der Waals surface area contributed by atoms with E-state index >= 15 is 0 Å². The van der Waals surface area contributed by atoms with Crippen LogP contribution in [0.2, 0.25) is 0 Å². The van der Waals surface area contributed by atoms with E-state index in [2.05, 4.69) is 12.1 Å². The molecule has 0 aliphatic heterocycles. The van der Waals surface area contributed by atoms with E-state index in [1.54, 1.807) is 0 Å². The lowest BCUT2D eigenvalue weighted by atomic mass is 10.1. The average Bonchev–Trinajstić information content (AvgIpc) is 2.48. The molecule has 0 fully saturated rings. The third kappa shape index (κ3) is 2.82. The fraction of sp³-hybridized carbons (Fsp3) is 0.111. The Kier molecular flexibility index (Phi) is 3.48. The first-order valence-corrected chi connectivity index (χ1v) is 6.81. The number of halogens is 1. The fourth-order valence-electron chi connectivity index (χ4n) is 2.39. The van der Waals surface area contributed by atoms with Gasteiger partial charge in [0.15, 0.2) is 11.9 Å². The van der Waals surface area contributed by atoms with Crippen molar-refractivity contribution >= 4 is 16.6 Å². The quantitative estimate of drug-likeness (QED) is 0.531. The summed E-state index contributed by atoms with van der Waals surface area (Å²) in [4.78, 5) is 12.3. The van der Waals surface area contributed by atoms with Crippen LogP contribution in [-0.2, 0) is 6.54 Å². The number of fused-ring (bicyclic) bond motifs is 1. The van der Waals surface area contributed by atoms with Crippen molar-refractivity contribution in [1.29, 1.82) is 0 Å². The molecule has 0 N–H and O–H groups in total. The largest absolute Gasteiger partial charge is 0.287 e. The number of pyridine rings is 1. The molecule has 104 valence electrons. The number of rotatable bonds is 3. The van der Waals surface area contributed by atoms with Crippen molar-refractivity contribution < 1.29 is 13.8 Å². The Bertz CT molecular complexity index is 809. The van der Waals surface area contributed by atoms with E-state index in [1.165, 1.54) is 24.3 Å². The molecule has 0 saturated heterocycles. The maximum atomic E-state index is 12.9. The van der Waals surface area contributed by atoms with Crippen LogP contribution in [0.1, 0.15) is 16.1 Å². The van der Waals surface area contributed by atoms with E-state index in [-0.39, 0.29) is 18.1 Å². The number of aryl methyl sites for hydroxylation is 1. The van der Waals surface area contributed by atoms with Crippen molar-refractivity contribution in [3.63, 3.8) is 0 Å². The summed E-state index contributed by atoms with van der Waals surface area (Å²) in [6.07, 6.45) is 1.98. The lowest BCUT2D eigenvalue weighted by Crippen LogP contribution is -2.40. The van der Waals surface area contributed by atoms with Crippen molar-refractivity contribution in [3.05, 3.63) is 77.9 Å². The van der Waals surface area contributed by atoms with E-state index in [0.717, 1.165) is 16.5 Å². The summed E-state index contributed by atoms with van der Waals surface area (Å²) < 4.78 is 14.8. The summed E-state index contributed by atoms with van der Waals surface area (Å²) in [7, 11) is 0. The first-order chi connectivity index (χ1) is 10.1. The maximum Gasteiger partial charge on any atom is 0.227 e. The molecule has 1 aromatic heterocycles. The molecule has 1 heterocycles. The van der Waals surface area contributed by atoms with Gasteiger partial charge in [0, 0.05) is 23.9 Å². The highest BCUT2D eigenvalue weighted by molar-refractivity contribution is 5.95. The van der Waals surface area contributed by atoms with E-state index in [0.29, 0.717) is 5.56 Å². The second-order valence-electron chi connectivity index (χ2n) is 5.10. The molecule has 0 saturated carbocycles. The number of hydrogen-bond acceptors (Lipinski definition) is 1. The molecular weight excluding hydrogens is 265 g/mol. The van der Waals surface area contributed by atoms with E-state index in [4.69, 9.17) is 0 Å². The predicted octanol–water partition coefficient (Wildman–Crippen LogP) is 3.46. The van der Waals surface area contributed by atoms with E-state index in [9.17, 15) is 9.18 Å². The number of nitrogens with zero attached hydrogens (tertiary/aromatic N) is 1. The Morgan fingerprint density at radius 1 is 1.05 bits per heavy atom. The maximum absolute atomic E-state index is 12.9. The van der Waals surface area contributed by atoms with Gasteiger partial charge in [-0.05, 0) is 35.7 Å². The molecule has 0 spiro atoms. The molecule has 21 heavy (non-hydrogen) atoms. The molecule has 0 radical (unpaired) electrons. The Labute approximate surface area is 122 Å². The molecule has 2 aromatic carbocycles. The molecule has 0 atom stereocenters. The van der Waals surface area contributed by atoms with Crippen molar-refractivity contribution in [2.45, 2.75) is 13.5 Å². The zero-order valence-corrected chi connectivity index (χ0v) is 11.7. The monoisotopic (exact) mass is 280 g/mol. The molecule has 0 aliphatic carbocycles. The third-order valence-corrected chi connectivity index (χ3v) is 3.59. The smallest absolute Gasteiger partial charge is 0.227 e. The Balaban J connectivity index is 1.92. The molecule has 3 rings (SSSR count). The number of carbonyl (C=O) groups excluding carboxylic acids is 1. The second kappa shape index (κ2) is 5.44. The van der Waals surface area contributed by atoms with Crippen LogP contribution in [0.25, 0.3) is 10.8 Å². The highest BCUT2D eigenvalue weighted by Gasteiger charge is 2.15. The molecule has 0 aliphatic rings. The Hall–Kier alpha value is -2.55. The SMILES string of the molecule is Cc1cc2ccccc2c[n+]1CC(=O)c1ccc(F)cc1. The fourth-order valence-corrected chi connectivity index (χ4v) is 2.39. The highest BCUT2D eigenvalue weighted by atomic mass is 19.1. The standard InChI is InChI=1S/C18H15FNO/c1-13-10-15-4-2-3-5-16(15)11-20(13)12-18(21)14-6-8-17(19)9-7-14/h2-11H,12H2,1H3/q+1. The van der Waals surface area contributed by atoms with Crippen LogP contribution in [0.3, 0.4) is 0 Å². The van der Waals surface area contributed by atoms with E-state index < -0.39 is 0 Å². The molecule has 0 bridgehead atoms. The normalized spacial score (nSPS) is 10.8. The molecule has 0 unspecified atom stereocenters. The predicted molar refractivity (Wildman–Crippen MR) is 79.6 cm³/mol. The van der Waals surface area contributed by atoms with Gasteiger partial charge in [-0.15, -0.1) is 0 Å². The van der Waals surface area contributed by atoms with Gasteiger partial charge in [0.2, 0.25) is 12.3 Å². The lowest BCUT2D eigenvalue weighted by Gasteiger charge is -2.03. The Morgan fingerprint density at radius 2 is 1.71 bits per heavy atom. The van der Waals surface area contributed by atoms with Gasteiger partial charge < -0.3 is 0 Å². The molecule has 2 nitrogen and oxygen atoms in total. The van der Waals surface area contributed by atoms with Crippen LogP contribution in [0.4, 0.5) is 4.39 Å². The number of benzene rings is 2. The number of aromatic nitrogens is 1. The lowest BCUT2D eigenvalue weighted by molar-refractivity contribution is -0.687. The first kappa shape index (κ1) is 13.4. The first-order valence-electron chi connectivity index (χ1n) is 6.81. The van der Waals surface area contributed by atoms with Crippen LogP contribution in [-0.4, -0.2) is 5.78 Å². The summed E-state index contributed by atoms with van der Waals surface area (Å²) in [5.74, 6) is -0.362.